The van der Waals surface area contributed by atoms with Gasteiger partial charge in [-0.05, 0) is 30.3 Å². The molecule has 0 bridgehead atoms. The highest BCUT2D eigenvalue weighted by Gasteiger charge is 2.12. The third kappa shape index (κ3) is 3.87. The van der Waals surface area contributed by atoms with Crippen LogP contribution in [0.1, 0.15) is 10.4 Å². The van der Waals surface area contributed by atoms with Gasteiger partial charge in [-0.25, -0.2) is 0 Å². The fraction of sp³-hybridized carbons (Fsp3) is 0.133. The number of rotatable bonds is 5. The van der Waals surface area contributed by atoms with Gasteiger partial charge >= 0.3 is 0 Å². The maximum absolute atomic E-state index is 12.1. The van der Waals surface area contributed by atoms with Crippen LogP contribution in [0.25, 0.3) is 0 Å². The number of nitrogens with one attached hydrogen (secondary N) is 1. The number of phenols is 2. The van der Waals surface area contributed by atoms with Crippen LogP contribution in [0, 0.1) is 0 Å². The van der Waals surface area contributed by atoms with E-state index in [2.05, 4.69) is 5.32 Å². The quantitative estimate of drug-likeness (QED) is 0.627. The van der Waals surface area contributed by atoms with Crippen molar-refractivity contribution in [2.45, 2.75) is 0 Å². The largest absolute Gasteiger partial charge is 0.508 e. The molecule has 2 rings (SSSR count). The number of phenolic OH excluding ortho intramolecular Hbond substituents is 2. The van der Waals surface area contributed by atoms with Crippen molar-refractivity contribution in [1.29, 1.82) is 0 Å². The molecule has 0 atom stereocenters. The van der Waals surface area contributed by atoms with Crippen molar-refractivity contribution in [3.8, 4) is 17.2 Å². The molecule has 0 saturated heterocycles. The predicted octanol–water partition coefficient (Wildman–Crippen LogP) is 1.69. The molecule has 0 fully saturated rings. The summed E-state index contributed by atoms with van der Waals surface area (Å²) >= 11 is 0. The van der Waals surface area contributed by atoms with E-state index in [0.717, 1.165) is 0 Å². The molecule has 0 saturated carbocycles. The minimum atomic E-state index is -0.528. The molecule has 6 nitrogen and oxygen atoms in total. The van der Waals surface area contributed by atoms with Crippen LogP contribution in [0.4, 0.5) is 5.69 Å². The Kier molecular flexibility index (Phi) is 4.63. The van der Waals surface area contributed by atoms with Crippen molar-refractivity contribution in [2.75, 3.05) is 18.5 Å². The number of carbonyl (C=O) groups excluding carboxylic acids is 1. The number of benzene rings is 2. The molecule has 0 aromatic heterocycles. The molecule has 0 unspecified atom stereocenters. The zero-order chi connectivity index (χ0) is 15.2. The number of carbonyl (C=O) groups is 1. The molecule has 0 heterocycles. The van der Waals surface area contributed by atoms with Gasteiger partial charge in [0.25, 0.3) is 5.91 Å². The van der Waals surface area contributed by atoms with Gasteiger partial charge in [-0.15, -0.1) is 0 Å². The first-order valence-corrected chi connectivity index (χ1v) is 6.36. The second-order valence-corrected chi connectivity index (χ2v) is 4.32. The van der Waals surface area contributed by atoms with Crippen LogP contribution >= 0.6 is 0 Å². The number of hydrogen-bond acceptors (Lipinski definition) is 5. The van der Waals surface area contributed by atoms with E-state index in [0.29, 0.717) is 24.6 Å². The lowest BCUT2D eigenvalue weighted by Gasteiger charge is -2.09. The van der Waals surface area contributed by atoms with E-state index in [-0.39, 0.29) is 17.1 Å². The second-order valence-electron chi connectivity index (χ2n) is 4.32. The molecular weight excluding hydrogens is 272 g/mol. The highest BCUT2D eigenvalue weighted by Crippen LogP contribution is 2.24. The number of nitrogens with two attached hydrogens (primary N) is 1. The average Bonchev–Trinajstić information content (AvgIpc) is 2.48. The van der Waals surface area contributed by atoms with Gasteiger partial charge in [0.1, 0.15) is 23.9 Å². The first kappa shape index (κ1) is 14.7. The molecule has 0 aliphatic rings. The number of hydrogen-bond donors (Lipinski definition) is 4. The predicted molar refractivity (Wildman–Crippen MR) is 78.7 cm³/mol. The maximum atomic E-state index is 12.1. The number of aromatic hydroxyl groups is 2. The summed E-state index contributed by atoms with van der Waals surface area (Å²) in [5.74, 6) is -0.253. The van der Waals surface area contributed by atoms with Crippen LogP contribution in [-0.4, -0.2) is 29.3 Å². The van der Waals surface area contributed by atoms with Gasteiger partial charge in [0.05, 0.1) is 5.56 Å². The first-order valence-electron chi connectivity index (χ1n) is 6.36. The van der Waals surface area contributed by atoms with Gasteiger partial charge in [-0.3, -0.25) is 4.79 Å². The Hall–Kier alpha value is -2.73. The van der Waals surface area contributed by atoms with Gasteiger partial charge in [-0.1, -0.05) is 6.07 Å². The lowest BCUT2D eigenvalue weighted by atomic mass is 10.1. The van der Waals surface area contributed by atoms with Crippen LogP contribution in [0.2, 0.25) is 0 Å². The Morgan fingerprint density at radius 2 is 2.00 bits per heavy atom. The van der Waals surface area contributed by atoms with Crippen LogP contribution in [0.5, 0.6) is 17.2 Å². The molecule has 0 radical (unpaired) electrons. The van der Waals surface area contributed by atoms with E-state index in [9.17, 15) is 15.0 Å². The molecule has 0 spiro atoms. The number of ether oxygens (including phenoxy) is 1. The smallest absolute Gasteiger partial charge is 0.259 e. The van der Waals surface area contributed by atoms with E-state index < -0.39 is 5.91 Å². The molecule has 0 aliphatic carbocycles. The molecule has 2 aromatic rings. The van der Waals surface area contributed by atoms with Crippen LogP contribution in [0.15, 0.2) is 42.5 Å². The molecule has 110 valence electrons. The number of anilines is 1. The van der Waals surface area contributed by atoms with Gasteiger partial charge in [0.15, 0.2) is 0 Å². The second kappa shape index (κ2) is 6.62. The summed E-state index contributed by atoms with van der Waals surface area (Å²) in [6.45, 7) is 0.776. The van der Waals surface area contributed by atoms with Gasteiger partial charge < -0.3 is 26.0 Å². The average molecular weight is 288 g/mol. The molecule has 0 aliphatic heterocycles. The minimum absolute atomic E-state index is 0.0109. The fourth-order valence-electron chi connectivity index (χ4n) is 1.74. The molecule has 2 aromatic carbocycles. The highest BCUT2D eigenvalue weighted by atomic mass is 16.5. The third-order valence-corrected chi connectivity index (χ3v) is 2.70. The monoisotopic (exact) mass is 288 g/mol. The molecule has 5 N–H and O–H groups in total. The Morgan fingerprint density at radius 1 is 1.19 bits per heavy atom. The summed E-state index contributed by atoms with van der Waals surface area (Å²) in [5.41, 5.74) is 5.86. The van der Waals surface area contributed by atoms with E-state index in [1.165, 1.54) is 18.2 Å². The van der Waals surface area contributed by atoms with Crippen molar-refractivity contribution in [1.82, 2.24) is 0 Å². The first-order chi connectivity index (χ1) is 10.1. The zero-order valence-corrected chi connectivity index (χ0v) is 11.2. The van der Waals surface area contributed by atoms with Crippen molar-refractivity contribution in [3.63, 3.8) is 0 Å². The van der Waals surface area contributed by atoms with Crippen molar-refractivity contribution < 1.29 is 19.7 Å². The van der Waals surface area contributed by atoms with Gasteiger partial charge in [-0.2, -0.15) is 0 Å². The normalized spacial score (nSPS) is 10.1. The van der Waals surface area contributed by atoms with Crippen molar-refractivity contribution >= 4 is 11.6 Å². The fourth-order valence-corrected chi connectivity index (χ4v) is 1.74. The standard InChI is InChI=1S/C15H16N2O4/c16-6-7-21-12-3-1-2-10(8-12)17-15(20)13-9-11(18)4-5-14(13)19/h1-5,8-9,18-19H,6-7,16H2,(H,17,20). The molecular formula is C15H16N2O4. The summed E-state index contributed by atoms with van der Waals surface area (Å²) in [6, 6.07) is 10.6. The number of amides is 1. The Balaban J connectivity index is 2.14. The van der Waals surface area contributed by atoms with Crippen LogP contribution in [0.3, 0.4) is 0 Å². The van der Waals surface area contributed by atoms with E-state index in [1.807, 2.05) is 0 Å². The van der Waals surface area contributed by atoms with E-state index in [4.69, 9.17) is 10.5 Å². The molecule has 21 heavy (non-hydrogen) atoms. The van der Waals surface area contributed by atoms with Crippen LogP contribution in [-0.2, 0) is 0 Å². The molecule has 1 amide bonds. The zero-order valence-electron chi connectivity index (χ0n) is 11.2. The third-order valence-electron chi connectivity index (χ3n) is 2.70. The Bertz CT molecular complexity index is 643. The topological polar surface area (TPSA) is 105 Å². The summed E-state index contributed by atoms with van der Waals surface area (Å²) in [5, 5.41) is 21.6. The Labute approximate surface area is 121 Å². The Morgan fingerprint density at radius 3 is 2.76 bits per heavy atom. The summed E-state index contributed by atoms with van der Waals surface area (Å²) in [4.78, 5) is 12.1. The summed E-state index contributed by atoms with van der Waals surface area (Å²) < 4.78 is 5.36. The lowest BCUT2D eigenvalue weighted by molar-refractivity contribution is 0.102. The van der Waals surface area contributed by atoms with Crippen molar-refractivity contribution in [2.24, 2.45) is 5.73 Å². The highest BCUT2D eigenvalue weighted by molar-refractivity contribution is 6.06. The molecule has 6 heteroatoms. The summed E-state index contributed by atoms with van der Waals surface area (Å²) in [7, 11) is 0. The van der Waals surface area contributed by atoms with Gasteiger partial charge in [0.2, 0.25) is 0 Å². The van der Waals surface area contributed by atoms with Gasteiger partial charge in [0, 0.05) is 18.3 Å². The maximum Gasteiger partial charge on any atom is 0.259 e. The van der Waals surface area contributed by atoms with E-state index >= 15 is 0 Å². The SMILES string of the molecule is NCCOc1cccc(NC(=O)c2cc(O)ccc2O)c1. The van der Waals surface area contributed by atoms with E-state index in [1.54, 1.807) is 24.3 Å². The lowest BCUT2D eigenvalue weighted by Crippen LogP contribution is -2.13. The van der Waals surface area contributed by atoms with Crippen LogP contribution < -0.4 is 15.8 Å². The summed E-state index contributed by atoms with van der Waals surface area (Å²) in [6.07, 6.45) is 0. The van der Waals surface area contributed by atoms with Crippen molar-refractivity contribution in [3.05, 3.63) is 48.0 Å². The minimum Gasteiger partial charge on any atom is -0.508 e.